The first kappa shape index (κ1) is 19.8. The summed E-state index contributed by atoms with van der Waals surface area (Å²) >= 11 is 0. The molecular weight excluding hydrogens is 320 g/mol. The molecule has 0 unspecified atom stereocenters. The van der Waals surface area contributed by atoms with Gasteiger partial charge in [0, 0.05) is 0 Å². The van der Waals surface area contributed by atoms with Crippen molar-refractivity contribution in [3.8, 4) is 11.5 Å². The van der Waals surface area contributed by atoms with E-state index < -0.39 is 6.16 Å². The van der Waals surface area contributed by atoms with Gasteiger partial charge in [0.15, 0.2) is 0 Å². The third-order valence-corrected chi connectivity index (χ3v) is 3.22. The molecule has 0 atom stereocenters. The Morgan fingerprint density at radius 1 is 0.920 bits per heavy atom. The summed E-state index contributed by atoms with van der Waals surface area (Å²) in [5.41, 5.74) is 3.35. The van der Waals surface area contributed by atoms with Gasteiger partial charge in [0.1, 0.15) is 11.5 Å². The van der Waals surface area contributed by atoms with Crippen LogP contribution in [-0.2, 0) is 0 Å². The predicted octanol–water partition coefficient (Wildman–Crippen LogP) is 4.93. The molecule has 0 saturated heterocycles. The third-order valence-electron chi connectivity index (χ3n) is 3.22. The zero-order chi connectivity index (χ0) is 18.7. The molecule has 5 heteroatoms. The Bertz CT molecular complexity index is 694. The summed E-state index contributed by atoms with van der Waals surface area (Å²) in [6.07, 6.45) is 4.32. The van der Waals surface area contributed by atoms with Gasteiger partial charge < -0.3 is 19.7 Å². The maximum atomic E-state index is 8.56. The van der Waals surface area contributed by atoms with E-state index in [2.05, 4.69) is 18.2 Å². The molecule has 132 valence electrons. The second-order valence-electron chi connectivity index (χ2n) is 4.85. The number of methoxy groups -OCH3 is 2. The van der Waals surface area contributed by atoms with Crippen LogP contribution in [0.2, 0.25) is 0 Å². The number of rotatable bonds is 5. The van der Waals surface area contributed by atoms with Gasteiger partial charge in [-0.3, -0.25) is 0 Å². The van der Waals surface area contributed by atoms with Crippen LogP contribution in [0.1, 0.15) is 18.1 Å². The molecule has 0 radical (unpaired) electrons. The molecule has 2 aromatic carbocycles. The average molecular weight is 342 g/mol. The molecule has 0 aliphatic heterocycles. The minimum absolute atomic E-state index is 0.849. The zero-order valence-electron chi connectivity index (χ0n) is 14.5. The van der Waals surface area contributed by atoms with Crippen molar-refractivity contribution in [1.82, 2.24) is 0 Å². The Balaban J connectivity index is 0.000000705. The monoisotopic (exact) mass is 342 g/mol. The molecule has 2 N–H and O–H groups in total. The van der Waals surface area contributed by atoms with Crippen molar-refractivity contribution in [3.05, 3.63) is 77.9 Å². The Labute approximate surface area is 147 Å². The summed E-state index contributed by atoms with van der Waals surface area (Å²) in [5.74, 6) is 1.70. The van der Waals surface area contributed by atoms with E-state index in [9.17, 15) is 0 Å². The molecule has 5 nitrogen and oxygen atoms in total. The predicted molar refractivity (Wildman–Crippen MR) is 98.5 cm³/mol. The molecule has 0 aliphatic carbocycles. The number of benzene rings is 2. The van der Waals surface area contributed by atoms with Crippen molar-refractivity contribution in [2.75, 3.05) is 14.2 Å². The van der Waals surface area contributed by atoms with E-state index in [0.717, 1.165) is 28.2 Å². The van der Waals surface area contributed by atoms with Crippen LogP contribution in [0, 0.1) is 0 Å². The first-order valence-corrected chi connectivity index (χ1v) is 7.55. The molecule has 2 aromatic rings. The van der Waals surface area contributed by atoms with Crippen molar-refractivity contribution in [3.63, 3.8) is 0 Å². The standard InChI is InChI=1S/C19H20O2.CH2O3/c1-4-5-12-19(15-8-6-10-17(13-15)20-2)16-9-7-11-18(14-16)21-3;2-1(3)4/h4-14H,1-3H3;(H2,2,3,4)/b5-4-;. The summed E-state index contributed by atoms with van der Waals surface area (Å²) in [5, 5.41) is 13.9. The maximum Gasteiger partial charge on any atom is 0.503 e. The van der Waals surface area contributed by atoms with E-state index in [1.807, 2.05) is 55.5 Å². The Morgan fingerprint density at radius 2 is 1.36 bits per heavy atom. The van der Waals surface area contributed by atoms with Crippen LogP contribution in [-0.4, -0.2) is 30.6 Å². The van der Waals surface area contributed by atoms with Crippen molar-refractivity contribution in [2.45, 2.75) is 6.92 Å². The second-order valence-corrected chi connectivity index (χ2v) is 4.85. The lowest BCUT2D eigenvalue weighted by Gasteiger charge is -2.11. The van der Waals surface area contributed by atoms with E-state index in [1.54, 1.807) is 14.2 Å². The minimum atomic E-state index is -1.83. The molecule has 0 bridgehead atoms. The molecular formula is C20H22O5. The molecule has 2 rings (SSSR count). The van der Waals surface area contributed by atoms with Crippen molar-refractivity contribution in [2.24, 2.45) is 0 Å². The zero-order valence-corrected chi connectivity index (χ0v) is 14.5. The normalized spacial score (nSPS) is 9.72. The van der Waals surface area contributed by atoms with Crippen LogP contribution in [0.15, 0.2) is 66.8 Å². The molecule has 0 aromatic heterocycles. The molecule has 0 heterocycles. The fraction of sp³-hybridized carbons (Fsp3) is 0.150. The second kappa shape index (κ2) is 10.5. The van der Waals surface area contributed by atoms with E-state index >= 15 is 0 Å². The summed E-state index contributed by atoms with van der Waals surface area (Å²) in [4.78, 5) is 8.56. The number of carboxylic acid groups (broad SMARTS) is 2. The number of hydrogen-bond acceptors (Lipinski definition) is 3. The summed E-state index contributed by atoms with van der Waals surface area (Å²) < 4.78 is 10.6. The van der Waals surface area contributed by atoms with Crippen LogP contribution in [0.4, 0.5) is 4.79 Å². The highest BCUT2D eigenvalue weighted by molar-refractivity contribution is 5.81. The van der Waals surface area contributed by atoms with Gasteiger partial charge in [-0.15, -0.1) is 0 Å². The van der Waals surface area contributed by atoms with Gasteiger partial charge in [-0.05, 0) is 47.9 Å². The molecule has 0 amide bonds. The lowest BCUT2D eigenvalue weighted by Crippen LogP contribution is -1.91. The van der Waals surface area contributed by atoms with Crippen LogP contribution in [0.5, 0.6) is 11.5 Å². The Kier molecular flexibility index (Phi) is 8.37. The van der Waals surface area contributed by atoms with Crippen molar-refractivity contribution in [1.29, 1.82) is 0 Å². The summed E-state index contributed by atoms with van der Waals surface area (Å²) in [7, 11) is 3.36. The number of allylic oxidation sites excluding steroid dienone is 3. The third kappa shape index (κ3) is 6.83. The molecule has 0 saturated carbocycles. The van der Waals surface area contributed by atoms with Gasteiger partial charge in [0.05, 0.1) is 14.2 Å². The lowest BCUT2D eigenvalue weighted by molar-refractivity contribution is 0.137. The van der Waals surface area contributed by atoms with E-state index in [4.69, 9.17) is 24.5 Å². The van der Waals surface area contributed by atoms with Gasteiger partial charge in [-0.25, -0.2) is 4.79 Å². The molecule has 0 spiro atoms. The van der Waals surface area contributed by atoms with Crippen molar-refractivity contribution < 1.29 is 24.5 Å². The largest absolute Gasteiger partial charge is 0.503 e. The number of ether oxygens (including phenoxy) is 2. The highest BCUT2D eigenvalue weighted by atomic mass is 16.6. The smallest absolute Gasteiger partial charge is 0.497 e. The van der Waals surface area contributed by atoms with Crippen LogP contribution >= 0.6 is 0 Å². The van der Waals surface area contributed by atoms with Gasteiger partial charge in [0.2, 0.25) is 0 Å². The van der Waals surface area contributed by atoms with Crippen LogP contribution < -0.4 is 9.47 Å². The topological polar surface area (TPSA) is 76.0 Å². The van der Waals surface area contributed by atoms with Gasteiger partial charge in [-0.1, -0.05) is 42.5 Å². The SMILES string of the molecule is C/C=C\C=C(c1cccc(OC)c1)c1cccc(OC)c1.O=C(O)O. The fourth-order valence-corrected chi connectivity index (χ4v) is 2.13. The van der Waals surface area contributed by atoms with Gasteiger partial charge >= 0.3 is 6.16 Å². The fourth-order valence-electron chi connectivity index (χ4n) is 2.13. The number of hydrogen-bond donors (Lipinski definition) is 2. The molecule has 0 fully saturated rings. The van der Waals surface area contributed by atoms with Gasteiger partial charge in [0.25, 0.3) is 0 Å². The lowest BCUT2D eigenvalue weighted by atomic mass is 9.97. The Morgan fingerprint density at radius 3 is 1.72 bits per heavy atom. The van der Waals surface area contributed by atoms with E-state index in [-0.39, 0.29) is 0 Å². The van der Waals surface area contributed by atoms with Crippen LogP contribution in [0.25, 0.3) is 5.57 Å². The van der Waals surface area contributed by atoms with Gasteiger partial charge in [-0.2, -0.15) is 0 Å². The quantitative estimate of drug-likeness (QED) is 0.753. The first-order chi connectivity index (χ1) is 12.0. The van der Waals surface area contributed by atoms with E-state index in [0.29, 0.717) is 0 Å². The highest BCUT2D eigenvalue weighted by Gasteiger charge is 2.06. The summed E-state index contributed by atoms with van der Waals surface area (Å²) in [6.45, 7) is 2.01. The minimum Gasteiger partial charge on any atom is -0.497 e. The Hall–Kier alpha value is -3.21. The average Bonchev–Trinajstić information content (AvgIpc) is 2.62. The first-order valence-electron chi connectivity index (χ1n) is 7.55. The van der Waals surface area contributed by atoms with Crippen molar-refractivity contribution >= 4 is 11.7 Å². The summed E-state index contributed by atoms with van der Waals surface area (Å²) in [6, 6.07) is 16.1. The number of carbonyl (C=O) groups is 1. The molecule has 0 aliphatic rings. The van der Waals surface area contributed by atoms with E-state index in [1.165, 1.54) is 0 Å². The highest BCUT2D eigenvalue weighted by Crippen LogP contribution is 2.28. The maximum absolute atomic E-state index is 8.56. The van der Waals surface area contributed by atoms with Crippen LogP contribution in [0.3, 0.4) is 0 Å². The molecule has 25 heavy (non-hydrogen) atoms.